The fraction of sp³-hybridized carbons (Fsp3) is 0.294. The van der Waals surface area contributed by atoms with Crippen LogP contribution in [0.2, 0.25) is 0 Å². The molecular formula is C17H19N3O2. The lowest BCUT2D eigenvalue weighted by Gasteiger charge is -2.12. The summed E-state index contributed by atoms with van der Waals surface area (Å²) >= 11 is 0. The molecule has 2 heterocycles. The van der Waals surface area contributed by atoms with Crippen molar-refractivity contribution in [2.45, 2.75) is 25.5 Å². The number of carbonyl (C=O) groups is 1. The number of carbonyl (C=O) groups excluding carboxylic acids is 1. The number of pyridine rings is 1. The van der Waals surface area contributed by atoms with E-state index < -0.39 is 0 Å². The molecule has 1 fully saturated rings. The molecule has 1 amide bonds. The highest BCUT2D eigenvalue weighted by molar-refractivity contribution is 5.95. The molecule has 1 saturated heterocycles. The summed E-state index contributed by atoms with van der Waals surface area (Å²) in [5.41, 5.74) is 1.62. The van der Waals surface area contributed by atoms with Gasteiger partial charge in [0.15, 0.2) is 0 Å². The molecule has 2 N–H and O–H groups in total. The molecule has 1 aromatic carbocycles. The van der Waals surface area contributed by atoms with Gasteiger partial charge < -0.3 is 15.4 Å². The van der Waals surface area contributed by atoms with Crippen LogP contribution in [0.5, 0.6) is 5.75 Å². The van der Waals surface area contributed by atoms with Gasteiger partial charge in [-0.3, -0.25) is 9.78 Å². The third-order valence-electron chi connectivity index (χ3n) is 3.59. The lowest BCUT2D eigenvalue weighted by atomic mass is 10.2. The Bertz CT molecular complexity index is 625. The average Bonchev–Trinajstić information content (AvgIpc) is 3.09. The van der Waals surface area contributed by atoms with Gasteiger partial charge in [-0.05, 0) is 43.7 Å². The summed E-state index contributed by atoms with van der Waals surface area (Å²) in [6, 6.07) is 13.1. The molecule has 5 nitrogen and oxygen atoms in total. The molecule has 0 aliphatic carbocycles. The fourth-order valence-electron chi connectivity index (χ4n) is 2.44. The first-order valence-corrected chi connectivity index (χ1v) is 7.48. The Morgan fingerprint density at radius 3 is 3.05 bits per heavy atom. The maximum Gasteiger partial charge on any atom is 0.241 e. The minimum absolute atomic E-state index is 0.0133. The molecule has 1 atom stereocenters. The number of nitrogens with zero attached hydrogens (tertiary/aromatic N) is 1. The Hall–Kier alpha value is -2.40. The molecule has 1 aromatic heterocycles. The van der Waals surface area contributed by atoms with E-state index in [-0.39, 0.29) is 11.9 Å². The maximum absolute atomic E-state index is 12.1. The number of nitrogens with one attached hydrogen (secondary N) is 2. The molecule has 0 spiro atoms. The molecule has 2 aromatic rings. The van der Waals surface area contributed by atoms with Crippen LogP contribution in [0, 0.1) is 0 Å². The van der Waals surface area contributed by atoms with E-state index >= 15 is 0 Å². The molecule has 114 valence electrons. The van der Waals surface area contributed by atoms with Crippen molar-refractivity contribution in [1.29, 1.82) is 0 Å². The van der Waals surface area contributed by atoms with Crippen molar-refractivity contribution in [3.05, 3.63) is 54.4 Å². The van der Waals surface area contributed by atoms with E-state index in [1.54, 1.807) is 6.20 Å². The first-order valence-electron chi connectivity index (χ1n) is 7.48. The predicted molar refractivity (Wildman–Crippen MR) is 84.7 cm³/mol. The molecule has 1 unspecified atom stereocenters. The standard InChI is InChI=1S/C17H19N3O2/c21-17(16-8-4-10-19-16)20-13-6-3-7-15(11-13)22-12-14-5-1-2-9-18-14/h1-3,5-7,9,11,16,19H,4,8,10,12H2,(H,20,21). The number of aromatic nitrogens is 1. The molecular weight excluding hydrogens is 278 g/mol. The summed E-state index contributed by atoms with van der Waals surface area (Å²) in [6.07, 6.45) is 3.68. The summed E-state index contributed by atoms with van der Waals surface area (Å²) in [7, 11) is 0. The van der Waals surface area contributed by atoms with Gasteiger partial charge in [0.1, 0.15) is 12.4 Å². The Balaban J connectivity index is 1.58. The van der Waals surface area contributed by atoms with E-state index in [0.717, 1.165) is 30.8 Å². The second-order valence-corrected chi connectivity index (χ2v) is 5.28. The molecule has 5 heteroatoms. The number of ether oxygens (including phenoxy) is 1. The molecule has 1 aliphatic heterocycles. The highest BCUT2D eigenvalue weighted by Crippen LogP contribution is 2.19. The third kappa shape index (κ3) is 3.83. The Morgan fingerprint density at radius 2 is 2.27 bits per heavy atom. The Labute approximate surface area is 129 Å². The second-order valence-electron chi connectivity index (χ2n) is 5.28. The van der Waals surface area contributed by atoms with Gasteiger partial charge in [-0.15, -0.1) is 0 Å². The molecule has 3 rings (SSSR count). The monoisotopic (exact) mass is 297 g/mol. The molecule has 22 heavy (non-hydrogen) atoms. The zero-order valence-corrected chi connectivity index (χ0v) is 12.3. The molecule has 0 bridgehead atoms. The van der Waals surface area contributed by atoms with Crippen LogP contribution in [0.15, 0.2) is 48.7 Å². The summed E-state index contributed by atoms with van der Waals surface area (Å²) in [6.45, 7) is 1.31. The van der Waals surface area contributed by atoms with E-state index in [1.807, 2.05) is 42.5 Å². The number of amides is 1. The van der Waals surface area contributed by atoms with Crippen molar-refractivity contribution in [1.82, 2.24) is 10.3 Å². The lowest BCUT2D eigenvalue weighted by Crippen LogP contribution is -2.35. The van der Waals surface area contributed by atoms with E-state index in [0.29, 0.717) is 12.4 Å². The Kier molecular flexibility index (Phi) is 4.65. The van der Waals surface area contributed by atoms with Crippen LogP contribution in [0.3, 0.4) is 0 Å². The lowest BCUT2D eigenvalue weighted by molar-refractivity contribution is -0.117. The van der Waals surface area contributed by atoms with Crippen molar-refractivity contribution in [3.8, 4) is 5.75 Å². The van der Waals surface area contributed by atoms with Gasteiger partial charge in [-0.2, -0.15) is 0 Å². The van der Waals surface area contributed by atoms with Crippen LogP contribution in [-0.4, -0.2) is 23.5 Å². The van der Waals surface area contributed by atoms with Gasteiger partial charge in [0.25, 0.3) is 0 Å². The molecule has 1 aliphatic rings. The smallest absolute Gasteiger partial charge is 0.241 e. The van der Waals surface area contributed by atoms with Gasteiger partial charge >= 0.3 is 0 Å². The number of benzene rings is 1. The van der Waals surface area contributed by atoms with Gasteiger partial charge in [0.2, 0.25) is 5.91 Å². The topological polar surface area (TPSA) is 63.2 Å². The summed E-state index contributed by atoms with van der Waals surface area (Å²) in [5.74, 6) is 0.724. The van der Waals surface area contributed by atoms with Crippen molar-refractivity contribution in [2.75, 3.05) is 11.9 Å². The number of rotatable bonds is 5. The van der Waals surface area contributed by atoms with Gasteiger partial charge in [-0.25, -0.2) is 0 Å². The van der Waals surface area contributed by atoms with Crippen molar-refractivity contribution < 1.29 is 9.53 Å². The van der Waals surface area contributed by atoms with Crippen LogP contribution >= 0.6 is 0 Å². The predicted octanol–water partition coefficient (Wildman–Crippen LogP) is 2.35. The average molecular weight is 297 g/mol. The SMILES string of the molecule is O=C(Nc1cccc(OCc2ccccn2)c1)C1CCCN1. The normalized spacial score (nSPS) is 17.2. The minimum Gasteiger partial charge on any atom is -0.487 e. The molecule has 0 saturated carbocycles. The van der Waals surface area contributed by atoms with Crippen LogP contribution in [0.25, 0.3) is 0 Å². The van der Waals surface area contributed by atoms with Gasteiger partial charge in [0, 0.05) is 18.0 Å². The van der Waals surface area contributed by atoms with Crippen molar-refractivity contribution >= 4 is 11.6 Å². The quantitative estimate of drug-likeness (QED) is 0.889. The summed E-state index contributed by atoms with van der Waals surface area (Å²) < 4.78 is 5.71. The fourth-order valence-corrected chi connectivity index (χ4v) is 2.44. The van der Waals surface area contributed by atoms with E-state index in [1.165, 1.54) is 0 Å². The van der Waals surface area contributed by atoms with E-state index in [4.69, 9.17) is 4.74 Å². The summed E-state index contributed by atoms with van der Waals surface area (Å²) in [4.78, 5) is 16.3. The maximum atomic E-state index is 12.1. The van der Waals surface area contributed by atoms with Crippen LogP contribution < -0.4 is 15.4 Å². The number of hydrogen-bond donors (Lipinski definition) is 2. The zero-order valence-electron chi connectivity index (χ0n) is 12.3. The van der Waals surface area contributed by atoms with Crippen LogP contribution in [0.4, 0.5) is 5.69 Å². The highest BCUT2D eigenvalue weighted by Gasteiger charge is 2.21. The van der Waals surface area contributed by atoms with E-state index in [2.05, 4.69) is 15.6 Å². The number of hydrogen-bond acceptors (Lipinski definition) is 4. The van der Waals surface area contributed by atoms with Crippen LogP contribution in [-0.2, 0) is 11.4 Å². The highest BCUT2D eigenvalue weighted by atomic mass is 16.5. The van der Waals surface area contributed by atoms with Crippen LogP contribution in [0.1, 0.15) is 18.5 Å². The number of anilines is 1. The minimum atomic E-state index is -0.0851. The summed E-state index contributed by atoms with van der Waals surface area (Å²) in [5, 5.41) is 6.11. The largest absolute Gasteiger partial charge is 0.487 e. The van der Waals surface area contributed by atoms with Crippen molar-refractivity contribution in [2.24, 2.45) is 0 Å². The van der Waals surface area contributed by atoms with Gasteiger partial charge in [0.05, 0.1) is 11.7 Å². The Morgan fingerprint density at radius 1 is 1.32 bits per heavy atom. The zero-order chi connectivity index (χ0) is 15.2. The second kappa shape index (κ2) is 7.04. The first kappa shape index (κ1) is 14.5. The molecule has 0 radical (unpaired) electrons. The van der Waals surface area contributed by atoms with E-state index in [9.17, 15) is 4.79 Å². The third-order valence-corrected chi connectivity index (χ3v) is 3.59. The first-order chi connectivity index (χ1) is 10.8. The van der Waals surface area contributed by atoms with Gasteiger partial charge in [-0.1, -0.05) is 12.1 Å². The van der Waals surface area contributed by atoms with Crippen molar-refractivity contribution in [3.63, 3.8) is 0 Å².